The molecular formula is C19H21N3O4. The highest BCUT2D eigenvalue weighted by Crippen LogP contribution is 2.35. The molecule has 0 spiro atoms. The Bertz CT molecular complexity index is 885. The van der Waals surface area contributed by atoms with E-state index in [1.165, 1.54) is 17.0 Å². The maximum atomic E-state index is 12.4. The van der Waals surface area contributed by atoms with Crippen LogP contribution in [0.3, 0.4) is 0 Å². The highest BCUT2D eigenvalue weighted by molar-refractivity contribution is 5.76. The maximum absolute atomic E-state index is 12.4. The first-order chi connectivity index (χ1) is 12.6. The lowest BCUT2D eigenvalue weighted by atomic mass is 9.99. The SMILES string of the molecule is CC1CCN(C(=O)Cn2cnc(-c3ccc4c(c3)OCO4)cc2=O)CC1. The van der Waals surface area contributed by atoms with Gasteiger partial charge in [0, 0.05) is 24.7 Å². The van der Waals surface area contributed by atoms with Crippen molar-refractivity contribution in [2.24, 2.45) is 5.92 Å². The quantitative estimate of drug-likeness (QED) is 0.841. The Morgan fingerprint density at radius 1 is 1.19 bits per heavy atom. The van der Waals surface area contributed by atoms with Gasteiger partial charge in [-0.2, -0.15) is 0 Å². The first kappa shape index (κ1) is 16.6. The first-order valence-electron chi connectivity index (χ1n) is 8.84. The number of aromatic nitrogens is 2. The number of rotatable bonds is 3. The molecule has 0 radical (unpaired) electrons. The van der Waals surface area contributed by atoms with Crippen LogP contribution in [0.5, 0.6) is 11.5 Å². The van der Waals surface area contributed by atoms with Gasteiger partial charge < -0.3 is 14.4 Å². The van der Waals surface area contributed by atoms with E-state index < -0.39 is 0 Å². The third-order valence-corrected chi connectivity index (χ3v) is 4.99. The molecule has 3 heterocycles. The zero-order valence-corrected chi connectivity index (χ0v) is 14.7. The van der Waals surface area contributed by atoms with Gasteiger partial charge in [0.1, 0.15) is 6.54 Å². The highest BCUT2D eigenvalue weighted by Gasteiger charge is 2.21. The molecule has 2 aliphatic heterocycles. The standard InChI is InChI=1S/C19H21N3O4/c1-13-4-6-21(7-5-13)19(24)10-22-11-20-15(9-18(22)23)14-2-3-16-17(8-14)26-12-25-16/h2-3,8-9,11,13H,4-7,10,12H2,1H3. The minimum Gasteiger partial charge on any atom is -0.454 e. The summed E-state index contributed by atoms with van der Waals surface area (Å²) in [6.45, 7) is 3.95. The number of benzene rings is 1. The van der Waals surface area contributed by atoms with E-state index in [1.807, 2.05) is 11.0 Å². The monoisotopic (exact) mass is 355 g/mol. The van der Waals surface area contributed by atoms with Crippen molar-refractivity contribution >= 4 is 5.91 Å². The molecule has 0 bridgehead atoms. The number of hydrogen-bond acceptors (Lipinski definition) is 5. The summed E-state index contributed by atoms with van der Waals surface area (Å²) in [5, 5.41) is 0. The largest absolute Gasteiger partial charge is 0.454 e. The number of likely N-dealkylation sites (tertiary alicyclic amines) is 1. The Morgan fingerprint density at radius 3 is 2.73 bits per heavy atom. The number of nitrogens with zero attached hydrogens (tertiary/aromatic N) is 3. The molecule has 0 aliphatic carbocycles. The van der Waals surface area contributed by atoms with Gasteiger partial charge in [0.05, 0.1) is 12.0 Å². The van der Waals surface area contributed by atoms with E-state index in [4.69, 9.17) is 9.47 Å². The lowest BCUT2D eigenvalue weighted by Gasteiger charge is -2.30. The number of carbonyl (C=O) groups is 1. The van der Waals surface area contributed by atoms with Crippen molar-refractivity contribution in [3.8, 4) is 22.8 Å². The van der Waals surface area contributed by atoms with Crippen LogP contribution in [-0.2, 0) is 11.3 Å². The molecule has 1 aromatic carbocycles. The third kappa shape index (κ3) is 3.29. The molecule has 2 aromatic rings. The summed E-state index contributed by atoms with van der Waals surface area (Å²) in [6, 6.07) is 6.88. The Morgan fingerprint density at radius 2 is 1.96 bits per heavy atom. The van der Waals surface area contributed by atoms with Gasteiger partial charge in [-0.3, -0.25) is 14.2 Å². The summed E-state index contributed by atoms with van der Waals surface area (Å²) in [4.78, 5) is 31.0. The Balaban J connectivity index is 1.49. The Labute approximate surface area is 151 Å². The van der Waals surface area contributed by atoms with Crippen LogP contribution in [0.4, 0.5) is 0 Å². The Kier molecular flexibility index (Phi) is 4.36. The second-order valence-electron chi connectivity index (χ2n) is 6.87. The molecule has 7 heteroatoms. The van der Waals surface area contributed by atoms with Gasteiger partial charge in [0.15, 0.2) is 11.5 Å². The van der Waals surface area contributed by atoms with Crippen LogP contribution in [0.2, 0.25) is 0 Å². The molecule has 26 heavy (non-hydrogen) atoms. The van der Waals surface area contributed by atoms with E-state index in [0.717, 1.165) is 31.5 Å². The van der Waals surface area contributed by atoms with Gasteiger partial charge >= 0.3 is 0 Å². The number of ether oxygens (including phenoxy) is 2. The van der Waals surface area contributed by atoms with Crippen molar-refractivity contribution in [1.29, 1.82) is 0 Å². The van der Waals surface area contributed by atoms with Gasteiger partial charge in [-0.15, -0.1) is 0 Å². The fourth-order valence-electron chi connectivity index (χ4n) is 3.26. The zero-order chi connectivity index (χ0) is 18.1. The summed E-state index contributed by atoms with van der Waals surface area (Å²) in [5.41, 5.74) is 1.07. The van der Waals surface area contributed by atoms with Crippen LogP contribution in [0.1, 0.15) is 19.8 Å². The van der Waals surface area contributed by atoms with E-state index in [1.54, 1.807) is 12.1 Å². The average molecular weight is 355 g/mol. The summed E-state index contributed by atoms with van der Waals surface area (Å²) in [5.74, 6) is 1.95. The number of piperidine rings is 1. The molecular weight excluding hydrogens is 334 g/mol. The van der Waals surface area contributed by atoms with Crippen LogP contribution in [0.15, 0.2) is 35.4 Å². The molecule has 0 atom stereocenters. The topological polar surface area (TPSA) is 73.7 Å². The van der Waals surface area contributed by atoms with Gasteiger partial charge in [-0.05, 0) is 37.0 Å². The minimum absolute atomic E-state index is 0.0294. The van der Waals surface area contributed by atoms with E-state index in [9.17, 15) is 9.59 Å². The smallest absolute Gasteiger partial charge is 0.254 e. The van der Waals surface area contributed by atoms with Crippen molar-refractivity contribution in [2.45, 2.75) is 26.3 Å². The lowest BCUT2D eigenvalue weighted by molar-refractivity contribution is -0.133. The van der Waals surface area contributed by atoms with Crippen LogP contribution >= 0.6 is 0 Å². The van der Waals surface area contributed by atoms with Crippen molar-refractivity contribution in [3.05, 3.63) is 40.9 Å². The molecule has 0 N–H and O–H groups in total. The molecule has 1 amide bonds. The molecule has 4 rings (SSSR count). The summed E-state index contributed by atoms with van der Waals surface area (Å²) < 4.78 is 12.0. The molecule has 0 unspecified atom stereocenters. The molecule has 0 saturated carbocycles. The molecule has 7 nitrogen and oxygen atoms in total. The molecule has 136 valence electrons. The molecule has 1 fully saturated rings. The average Bonchev–Trinajstić information content (AvgIpc) is 3.11. The molecule has 2 aliphatic rings. The van der Waals surface area contributed by atoms with Crippen molar-refractivity contribution in [3.63, 3.8) is 0 Å². The second-order valence-corrected chi connectivity index (χ2v) is 6.87. The molecule has 1 aromatic heterocycles. The first-order valence-corrected chi connectivity index (χ1v) is 8.84. The summed E-state index contributed by atoms with van der Waals surface area (Å²) in [7, 11) is 0. The number of fused-ring (bicyclic) bond motifs is 1. The lowest BCUT2D eigenvalue weighted by Crippen LogP contribution is -2.41. The maximum Gasteiger partial charge on any atom is 0.254 e. The van der Waals surface area contributed by atoms with E-state index in [-0.39, 0.29) is 24.8 Å². The number of hydrogen-bond donors (Lipinski definition) is 0. The minimum atomic E-state index is -0.244. The summed E-state index contributed by atoms with van der Waals surface area (Å²) >= 11 is 0. The van der Waals surface area contributed by atoms with E-state index in [2.05, 4.69) is 11.9 Å². The van der Waals surface area contributed by atoms with Crippen LogP contribution in [0.25, 0.3) is 11.3 Å². The van der Waals surface area contributed by atoms with Gasteiger partial charge in [-0.25, -0.2) is 4.98 Å². The van der Waals surface area contributed by atoms with Crippen molar-refractivity contribution < 1.29 is 14.3 Å². The second kappa shape index (κ2) is 6.82. The normalized spacial score (nSPS) is 16.7. The van der Waals surface area contributed by atoms with Crippen LogP contribution in [-0.4, -0.2) is 40.2 Å². The third-order valence-electron chi connectivity index (χ3n) is 4.99. The fourth-order valence-corrected chi connectivity index (χ4v) is 3.26. The van der Waals surface area contributed by atoms with E-state index >= 15 is 0 Å². The van der Waals surface area contributed by atoms with E-state index in [0.29, 0.717) is 23.1 Å². The fraction of sp³-hybridized carbons (Fsp3) is 0.421. The number of amides is 1. The Hall–Kier alpha value is -2.83. The van der Waals surface area contributed by atoms with Gasteiger partial charge in [0.2, 0.25) is 12.7 Å². The predicted molar refractivity (Wildman–Crippen MR) is 95.0 cm³/mol. The summed E-state index contributed by atoms with van der Waals surface area (Å²) in [6.07, 6.45) is 3.47. The highest BCUT2D eigenvalue weighted by atomic mass is 16.7. The van der Waals surface area contributed by atoms with Crippen LogP contribution in [0, 0.1) is 5.92 Å². The number of carbonyl (C=O) groups excluding carboxylic acids is 1. The van der Waals surface area contributed by atoms with Crippen molar-refractivity contribution in [2.75, 3.05) is 19.9 Å². The van der Waals surface area contributed by atoms with Crippen LogP contribution < -0.4 is 15.0 Å². The predicted octanol–water partition coefficient (Wildman–Crippen LogP) is 1.90. The zero-order valence-electron chi connectivity index (χ0n) is 14.7. The molecule has 1 saturated heterocycles. The van der Waals surface area contributed by atoms with Crippen molar-refractivity contribution in [1.82, 2.24) is 14.5 Å². The van der Waals surface area contributed by atoms with Gasteiger partial charge in [-0.1, -0.05) is 6.92 Å². The van der Waals surface area contributed by atoms with Gasteiger partial charge in [0.25, 0.3) is 5.56 Å².